The summed E-state index contributed by atoms with van der Waals surface area (Å²) < 4.78 is 26.8. The zero-order chi connectivity index (χ0) is 14.2. The third-order valence-electron chi connectivity index (χ3n) is 3.95. The monoisotopic (exact) mass is 288 g/mol. The summed E-state index contributed by atoms with van der Waals surface area (Å²) in [7, 11) is 2.09. The number of rotatable bonds is 2. The van der Waals surface area contributed by atoms with Gasteiger partial charge in [-0.15, -0.1) is 0 Å². The number of piperidine rings is 1. The molecule has 2 rings (SSSR count). The second kappa shape index (κ2) is 5.63. The van der Waals surface area contributed by atoms with Crippen LogP contribution in [-0.2, 0) is 0 Å². The van der Waals surface area contributed by atoms with Crippen molar-refractivity contribution >= 4 is 17.3 Å². The molecule has 0 spiro atoms. The van der Waals surface area contributed by atoms with E-state index in [0.717, 1.165) is 25.1 Å². The predicted octanol–water partition coefficient (Wildman–Crippen LogP) is 3.76. The maximum atomic E-state index is 13.8. The molecule has 5 heteroatoms. The van der Waals surface area contributed by atoms with Crippen molar-refractivity contribution in [2.24, 2.45) is 5.92 Å². The summed E-state index contributed by atoms with van der Waals surface area (Å²) in [6, 6.07) is 2.56. The highest BCUT2D eigenvalue weighted by Crippen LogP contribution is 2.30. The molecular weight excluding hydrogens is 270 g/mol. The smallest absolute Gasteiger partial charge is 0.150 e. The molecule has 19 heavy (non-hydrogen) atoms. The first-order valence-electron chi connectivity index (χ1n) is 6.49. The minimum absolute atomic E-state index is 0.0938. The van der Waals surface area contributed by atoms with Crippen LogP contribution < -0.4 is 5.32 Å². The van der Waals surface area contributed by atoms with Gasteiger partial charge in [-0.2, -0.15) is 0 Å². The van der Waals surface area contributed by atoms with Crippen LogP contribution in [0.3, 0.4) is 0 Å². The number of anilines is 1. The van der Waals surface area contributed by atoms with Crippen molar-refractivity contribution in [3.05, 3.63) is 28.8 Å². The summed E-state index contributed by atoms with van der Waals surface area (Å²) in [6.07, 6.45) is 0.908. The van der Waals surface area contributed by atoms with E-state index in [1.165, 1.54) is 0 Å². The van der Waals surface area contributed by atoms with Crippen LogP contribution in [0.1, 0.15) is 20.3 Å². The largest absolute Gasteiger partial charge is 0.378 e. The van der Waals surface area contributed by atoms with E-state index < -0.39 is 11.6 Å². The molecule has 1 fully saturated rings. The third-order valence-corrected chi connectivity index (χ3v) is 4.25. The molecule has 0 saturated carbocycles. The van der Waals surface area contributed by atoms with E-state index in [1.54, 1.807) is 0 Å². The zero-order valence-electron chi connectivity index (χ0n) is 11.4. The van der Waals surface area contributed by atoms with Crippen molar-refractivity contribution in [1.82, 2.24) is 4.90 Å². The van der Waals surface area contributed by atoms with Gasteiger partial charge in [-0.3, -0.25) is 0 Å². The number of hydrogen-bond acceptors (Lipinski definition) is 2. The number of hydrogen-bond donors (Lipinski definition) is 1. The van der Waals surface area contributed by atoms with Gasteiger partial charge in [0.05, 0.1) is 10.7 Å². The molecule has 2 nitrogen and oxygen atoms in total. The first-order valence-corrected chi connectivity index (χ1v) is 6.87. The van der Waals surface area contributed by atoms with Crippen molar-refractivity contribution in [1.29, 1.82) is 0 Å². The van der Waals surface area contributed by atoms with Crippen LogP contribution >= 0.6 is 11.6 Å². The Morgan fingerprint density at radius 3 is 2.63 bits per heavy atom. The molecule has 0 bridgehead atoms. The average Bonchev–Trinajstić information content (AvgIpc) is 2.29. The van der Waals surface area contributed by atoms with Crippen molar-refractivity contribution in [2.75, 3.05) is 18.9 Å². The molecule has 0 aliphatic carbocycles. The van der Waals surface area contributed by atoms with E-state index in [4.69, 9.17) is 11.6 Å². The van der Waals surface area contributed by atoms with Gasteiger partial charge in [-0.05, 0) is 32.4 Å². The standard InChI is InChI=1S/C14H19ClF2N2/c1-8-7-19(3)9(2)4-13(8)18-14-11(15)5-10(16)6-12(14)17/h5-6,8-9,13,18H,4,7H2,1-3H3. The Bertz CT molecular complexity index is 444. The Kier molecular flexibility index (Phi) is 4.31. The normalized spacial score (nSPS) is 28.4. The van der Waals surface area contributed by atoms with Crippen molar-refractivity contribution < 1.29 is 8.78 Å². The van der Waals surface area contributed by atoms with E-state index in [2.05, 4.69) is 31.1 Å². The maximum Gasteiger partial charge on any atom is 0.150 e. The van der Waals surface area contributed by atoms with Crippen LogP contribution in [0.2, 0.25) is 5.02 Å². The number of nitrogens with zero attached hydrogens (tertiary/aromatic N) is 1. The summed E-state index contributed by atoms with van der Waals surface area (Å²) >= 11 is 5.91. The van der Waals surface area contributed by atoms with Gasteiger partial charge in [0, 0.05) is 24.7 Å². The fourth-order valence-corrected chi connectivity index (χ4v) is 2.86. The van der Waals surface area contributed by atoms with Gasteiger partial charge >= 0.3 is 0 Å². The lowest BCUT2D eigenvalue weighted by Gasteiger charge is -2.40. The van der Waals surface area contributed by atoms with Crippen LogP contribution in [0.4, 0.5) is 14.5 Å². The summed E-state index contributed by atoms with van der Waals surface area (Å²) in [4.78, 5) is 2.28. The van der Waals surface area contributed by atoms with E-state index in [0.29, 0.717) is 12.0 Å². The molecule has 1 N–H and O–H groups in total. The van der Waals surface area contributed by atoms with Crippen molar-refractivity contribution in [3.8, 4) is 0 Å². The summed E-state index contributed by atoms with van der Waals surface area (Å²) in [6.45, 7) is 5.21. The first kappa shape index (κ1) is 14.5. The number of benzene rings is 1. The maximum absolute atomic E-state index is 13.8. The lowest BCUT2D eigenvalue weighted by Crippen LogP contribution is -2.48. The van der Waals surface area contributed by atoms with Gasteiger partial charge in [0.25, 0.3) is 0 Å². The van der Waals surface area contributed by atoms with Gasteiger partial charge in [-0.25, -0.2) is 8.78 Å². The van der Waals surface area contributed by atoms with Gasteiger partial charge in [0.15, 0.2) is 5.82 Å². The Morgan fingerprint density at radius 2 is 2.00 bits per heavy atom. The van der Waals surface area contributed by atoms with Crippen LogP contribution in [-0.4, -0.2) is 30.6 Å². The number of halogens is 3. The van der Waals surface area contributed by atoms with Crippen LogP contribution in [0.15, 0.2) is 12.1 Å². The highest BCUT2D eigenvalue weighted by atomic mass is 35.5. The topological polar surface area (TPSA) is 15.3 Å². The molecule has 1 aliphatic rings. The SMILES string of the molecule is CC1CN(C)C(C)CC1Nc1c(F)cc(F)cc1Cl. The second-order valence-electron chi connectivity index (χ2n) is 5.50. The molecule has 0 amide bonds. The van der Waals surface area contributed by atoms with Crippen molar-refractivity contribution in [3.63, 3.8) is 0 Å². The zero-order valence-corrected chi connectivity index (χ0v) is 12.1. The van der Waals surface area contributed by atoms with E-state index in [1.807, 2.05) is 0 Å². The van der Waals surface area contributed by atoms with Gasteiger partial charge in [0.1, 0.15) is 5.82 Å². The molecule has 106 valence electrons. The molecule has 3 atom stereocenters. The quantitative estimate of drug-likeness (QED) is 0.891. The fourth-order valence-electron chi connectivity index (χ4n) is 2.61. The minimum Gasteiger partial charge on any atom is -0.378 e. The molecule has 1 aromatic carbocycles. The highest BCUT2D eigenvalue weighted by molar-refractivity contribution is 6.33. The third kappa shape index (κ3) is 3.18. The average molecular weight is 289 g/mol. The lowest BCUT2D eigenvalue weighted by molar-refractivity contribution is 0.145. The first-order chi connectivity index (χ1) is 8.88. The Hall–Kier alpha value is -0.870. The summed E-state index contributed by atoms with van der Waals surface area (Å²) in [5, 5.41) is 3.24. The molecule has 1 aromatic rings. The molecule has 3 unspecified atom stereocenters. The second-order valence-corrected chi connectivity index (χ2v) is 5.90. The van der Waals surface area contributed by atoms with Crippen molar-refractivity contribution in [2.45, 2.75) is 32.4 Å². The Balaban J connectivity index is 2.17. The van der Waals surface area contributed by atoms with Gasteiger partial charge in [0.2, 0.25) is 0 Å². The molecule has 1 saturated heterocycles. The number of nitrogens with one attached hydrogen (secondary N) is 1. The highest BCUT2D eigenvalue weighted by Gasteiger charge is 2.29. The minimum atomic E-state index is -0.655. The predicted molar refractivity (Wildman–Crippen MR) is 74.7 cm³/mol. The molecule has 0 aromatic heterocycles. The van der Waals surface area contributed by atoms with Crippen LogP contribution in [0, 0.1) is 17.6 Å². The van der Waals surface area contributed by atoms with Crippen LogP contribution in [0.5, 0.6) is 0 Å². The fraction of sp³-hybridized carbons (Fsp3) is 0.571. The molecule has 1 aliphatic heterocycles. The number of likely N-dealkylation sites (tertiary alicyclic amines) is 1. The van der Waals surface area contributed by atoms with Gasteiger partial charge in [-0.1, -0.05) is 18.5 Å². The lowest BCUT2D eigenvalue weighted by atomic mass is 9.89. The molecule has 0 radical (unpaired) electrons. The molecule has 1 heterocycles. The van der Waals surface area contributed by atoms with E-state index in [9.17, 15) is 8.78 Å². The Labute approximate surface area is 117 Å². The molecular formula is C14H19ClF2N2. The van der Waals surface area contributed by atoms with Gasteiger partial charge < -0.3 is 10.2 Å². The summed E-state index contributed by atoms with van der Waals surface area (Å²) in [5.41, 5.74) is 0.205. The Morgan fingerprint density at radius 1 is 1.32 bits per heavy atom. The van der Waals surface area contributed by atoms with E-state index in [-0.39, 0.29) is 16.8 Å². The van der Waals surface area contributed by atoms with Crippen LogP contribution in [0.25, 0.3) is 0 Å². The van der Waals surface area contributed by atoms with E-state index >= 15 is 0 Å². The summed E-state index contributed by atoms with van der Waals surface area (Å²) in [5.74, 6) is -0.914.